The largest absolute Gasteiger partial charge is 0.550 e. The first-order chi connectivity index (χ1) is 6.60. The van der Waals surface area contributed by atoms with Crippen LogP contribution >= 0.6 is 0 Å². The quantitative estimate of drug-likeness (QED) is 0.421. The van der Waals surface area contributed by atoms with E-state index in [0.717, 1.165) is 0 Å². The molecule has 0 aliphatic carbocycles. The molecule has 0 aromatic heterocycles. The number of hydrogen-bond donors (Lipinski definition) is 1. The first-order valence-electron chi connectivity index (χ1n) is 3.87. The van der Waals surface area contributed by atoms with Crippen LogP contribution < -0.4 is 0 Å². The van der Waals surface area contributed by atoms with Crippen LogP contribution in [0.2, 0.25) is 0 Å². The van der Waals surface area contributed by atoms with Crippen molar-refractivity contribution in [1.29, 1.82) is 0 Å². The summed E-state index contributed by atoms with van der Waals surface area (Å²) in [6.07, 6.45) is -2.53. The van der Waals surface area contributed by atoms with Crippen LogP contribution in [0, 0.1) is 0 Å². The van der Waals surface area contributed by atoms with Gasteiger partial charge in [-0.05, 0) is 6.42 Å². The SMILES string of the molecule is CCC(COC(=O)OOC(=O)O)OC. The lowest BCUT2D eigenvalue weighted by Crippen LogP contribution is -2.21. The zero-order valence-electron chi connectivity index (χ0n) is 7.89. The van der Waals surface area contributed by atoms with Gasteiger partial charge in [-0.1, -0.05) is 6.92 Å². The van der Waals surface area contributed by atoms with Crippen LogP contribution in [0.5, 0.6) is 0 Å². The van der Waals surface area contributed by atoms with Gasteiger partial charge in [0.05, 0.1) is 6.10 Å². The van der Waals surface area contributed by atoms with Crippen LogP contribution in [0.1, 0.15) is 13.3 Å². The molecule has 0 rings (SSSR count). The molecule has 0 fully saturated rings. The van der Waals surface area contributed by atoms with Crippen molar-refractivity contribution in [1.82, 2.24) is 0 Å². The zero-order valence-corrected chi connectivity index (χ0v) is 7.89. The molecule has 7 nitrogen and oxygen atoms in total. The number of methoxy groups -OCH3 is 1. The molecule has 0 aliphatic heterocycles. The fourth-order valence-corrected chi connectivity index (χ4v) is 0.607. The van der Waals surface area contributed by atoms with Crippen LogP contribution in [0.25, 0.3) is 0 Å². The Labute approximate surface area is 80.4 Å². The number of rotatable bonds is 4. The summed E-state index contributed by atoms with van der Waals surface area (Å²) in [5, 5.41) is 7.95. The van der Waals surface area contributed by atoms with Gasteiger partial charge in [0.25, 0.3) is 0 Å². The van der Waals surface area contributed by atoms with Crippen LogP contribution in [-0.2, 0) is 19.2 Å². The Morgan fingerprint density at radius 2 is 2.00 bits per heavy atom. The number of carbonyl (C=O) groups excluding carboxylic acids is 1. The van der Waals surface area contributed by atoms with E-state index in [9.17, 15) is 9.59 Å². The molecule has 0 saturated carbocycles. The third kappa shape index (κ3) is 6.06. The van der Waals surface area contributed by atoms with Crippen molar-refractivity contribution in [3.05, 3.63) is 0 Å². The highest BCUT2D eigenvalue weighted by Gasteiger charge is 2.12. The molecule has 0 saturated heterocycles. The molecule has 0 bridgehead atoms. The standard InChI is InChI=1S/C7H12O7/c1-3-5(11-2)4-12-7(10)14-13-6(8)9/h5H,3-4H2,1-2H3,(H,8,9). The molecule has 0 aliphatic rings. The summed E-state index contributed by atoms with van der Waals surface area (Å²) < 4.78 is 9.35. The van der Waals surface area contributed by atoms with E-state index in [0.29, 0.717) is 6.42 Å². The predicted molar refractivity (Wildman–Crippen MR) is 42.6 cm³/mol. The molecular formula is C7H12O7. The smallest absolute Gasteiger partial charge is 0.447 e. The number of carbonyl (C=O) groups is 2. The van der Waals surface area contributed by atoms with E-state index in [2.05, 4.69) is 14.5 Å². The maximum Gasteiger partial charge on any atom is 0.550 e. The van der Waals surface area contributed by atoms with E-state index in [1.54, 1.807) is 0 Å². The van der Waals surface area contributed by atoms with Crippen LogP contribution in [0.4, 0.5) is 9.59 Å². The molecule has 0 amide bonds. The number of carboxylic acid groups (broad SMARTS) is 1. The fraction of sp³-hybridized carbons (Fsp3) is 0.714. The van der Waals surface area contributed by atoms with E-state index in [4.69, 9.17) is 9.84 Å². The van der Waals surface area contributed by atoms with Crippen molar-refractivity contribution in [3.63, 3.8) is 0 Å². The lowest BCUT2D eigenvalue weighted by atomic mass is 10.3. The Bertz CT molecular complexity index is 186. The molecule has 1 unspecified atom stereocenters. The minimum Gasteiger partial charge on any atom is -0.447 e. The van der Waals surface area contributed by atoms with Gasteiger partial charge in [-0.2, -0.15) is 9.68 Å². The minimum atomic E-state index is -1.72. The molecule has 82 valence electrons. The highest BCUT2D eigenvalue weighted by atomic mass is 17.3. The first-order valence-corrected chi connectivity index (χ1v) is 3.87. The minimum absolute atomic E-state index is 0.0190. The van der Waals surface area contributed by atoms with Crippen molar-refractivity contribution < 1.29 is 33.9 Å². The van der Waals surface area contributed by atoms with E-state index in [1.807, 2.05) is 6.92 Å². The molecule has 7 heteroatoms. The van der Waals surface area contributed by atoms with Crippen molar-refractivity contribution in [2.45, 2.75) is 19.4 Å². The summed E-state index contributed by atoms with van der Waals surface area (Å²) in [6.45, 7) is 1.82. The average Bonchev–Trinajstić information content (AvgIpc) is 2.16. The topological polar surface area (TPSA) is 91.3 Å². The highest BCUT2D eigenvalue weighted by molar-refractivity contribution is 5.62. The van der Waals surface area contributed by atoms with Crippen molar-refractivity contribution in [2.24, 2.45) is 0 Å². The average molecular weight is 208 g/mol. The Hall–Kier alpha value is -1.50. The summed E-state index contributed by atoms with van der Waals surface area (Å²) >= 11 is 0. The third-order valence-electron chi connectivity index (χ3n) is 1.36. The van der Waals surface area contributed by atoms with Gasteiger partial charge < -0.3 is 14.6 Å². The van der Waals surface area contributed by atoms with Gasteiger partial charge in [0.1, 0.15) is 6.61 Å². The van der Waals surface area contributed by atoms with E-state index in [-0.39, 0.29) is 12.7 Å². The summed E-state index contributed by atoms with van der Waals surface area (Å²) in [6, 6.07) is 0. The molecule has 0 heterocycles. The third-order valence-corrected chi connectivity index (χ3v) is 1.36. The monoisotopic (exact) mass is 208 g/mol. The molecule has 0 aromatic carbocycles. The van der Waals surface area contributed by atoms with Gasteiger partial charge in [0.15, 0.2) is 0 Å². The fourth-order valence-electron chi connectivity index (χ4n) is 0.607. The van der Waals surface area contributed by atoms with E-state index >= 15 is 0 Å². The summed E-state index contributed by atoms with van der Waals surface area (Å²) in [4.78, 5) is 27.6. The van der Waals surface area contributed by atoms with Crippen molar-refractivity contribution in [3.8, 4) is 0 Å². The Morgan fingerprint density at radius 1 is 1.36 bits per heavy atom. The summed E-state index contributed by atoms with van der Waals surface area (Å²) in [7, 11) is 1.47. The van der Waals surface area contributed by atoms with Gasteiger partial charge in [0, 0.05) is 7.11 Å². The van der Waals surface area contributed by atoms with E-state index in [1.165, 1.54) is 7.11 Å². The molecule has 1 atom stereocenters. The maximum atomic E-state index is 10.6. The summed E-state index contributed by atoms with van der Waals surface area (Å²) in [5.74, 6) is 0. The van der Waals surface area contributed by atoms with Crippen LogP contribution in [0.15, 0.2) is 0 Å². The Balaban J connectivity index is 3.57. The Morgan fingerprint density at radius 3 is 2.43 bits per heavy atom. The lowest BCUT2D eigenvalue weighted by molar-refractivity contribution is -0.215. The van der Waals surface area contributed by atoms with Crippen LogP contribution in [0.3, 0.4) is 0 Å². The predicted octanol–water partition coefficient (Wildman–Crippen LogP) is 1.17. The van der Waals surface area contributed by atoms with Gasteiger partial charge in [0.2, 0.25) is 0 Å². The zero-order chi connectivity index (χ0) is 11.0. The maximum absolute atomic E-state index is 10.6. The molecule has 0 aromatic rings. The van der Waals surface area contributed by atoms with Gasteiger partial charge in [-0.15, -0.1) is 0 Å². The van der Waals surface area contributed by atoms with Crippen molar-refractivity contribution >= 4 is 12.3 Å². The van der Waals surface area contributed by atoms with Gasteiger partial charge in [-0.25, -0.2) is 9.68 Å². The van der Waals surface area contributed by atoms with E-state index < -0.39 is 12.3 Å². The molecule has 14 heavy (non-hydrogen) atoms. The van der Waals surface area contributed by atoms with Crippen molar-refractivity contribution in [2.75, 3.05) is 13.7 Å². The second kappa shape index (κ2) is 6.96. The van der Waals surface area contributed by atoms with Gasteiger partial charge >= 0.3 is 12.3 Å². The second-order valence-corrected chi connectivity index (χ2v) is 2.26. The molecular weight excluding hydrogens is 196 g/mol. The van der Waals surface area contributed by atoms with Crippen LogP contribution in [-0.4, -0.2) is 37.2 Å². The number of ether oxygens (including phenoxy) is 2. The molecule has 0 radical (unpaired) electrons. The van der Waals surface area contributed by atoms with Gasteiger partial charge in [-0.3, -0.25) is 0 Å². The first kappa shape index (κ1) is 12.5. The highest BCUT2D eigenvalue weighted by Crippen LogP contribution is 1.98. The molecule has 1 N–H and O–H groups in total. The molecule has 0 spiro atoms. The second-order valence-electron chi connectivity index (χ2n) is 2.26. The lowest BCUT2D eigenvalue weighted by Gasteiger charge is -2.11. The number of hydrogen-bond acceptors (Lipinski definition) is 6. The normalized spacial score (nSPS) is 11.6. The summed E-state index contributed by atoms with van der Waals surface area (Å²) in [5.41, 5.74) is 0. The Kier molecular flexibility index (Phi) is 6.21.